The van der Waals surface area contributed by atoms with Crippen LogP contribution in [0.4, 0.5) is 11.5 Å². The van der Waals surface area contributed by atoms with Gasteiger partial charge in [0, 0.05) is 23.1 Å². The highest BCUT2D eigenvalue weighted by atomic mass is 32.2. The Balaban J connectivity index is 1.50. The maximum absolute atomic E-state index is 5.60. The monoisotopic (exact) mass is 487 g/mol. The number of nitrogens with two attached hydrogens (primary N) is 1. The Morgan fingerprint density at radius 1 is 1.20 bits per heavy atom. The first-order valence-corrected chi connectivity index (χ1v) is 12.7. The van der Waals surface area contributed by atoms with E-state index in [9.17, 15) is 0 Å². The van der Waals surface area contributed by atoms with Gasteiger partial charge < -0.3 is 10.2 Å². The molecule has 1 aliphatic heterocycles. The second kappa shape index (κ2) is 9.71. The number of aromatic nitrogens is 5. The molecular weight excluding hydrogens is 458 g/mol. The highest BCUT2D eigenvalue weighted by molar-refractivity contribution is 7.97. The van der Waals surface area contributed by atoms with E-state index in [-0.39, 0.29) is 6.04 Å². The van der Waals surface area contributed by atoms with Crippen LogP contribution in [0.3, 0.4) is 0 Å². The third kappa shape index (κ3) is 4.63. The molecule has 5 rings (SSSR count). The van der Waals surface area contributed by atoms with Gasteiger partial charge in [0.25, 0.3) is 0 Å². The van der Waals surface area contributed by atoms with Gasteiger partial charge in [-0.1, -0.05) is 13.5 Å². The molecule has 35 heavy (non-hydrogen) atoms. The van der Waals surface area contributed by atoms with Gasteiger partial charge in [0.05, 0.1) is 41.1 Å². The van der Waals surface area contributed by atoms with Crippen LogP contribution in [0.15, 0.2) is 53.0 Å². The number of aryl methyl sites for hydroxylation is 1. The van der Waals surface area contributed by atoms with Crippen LogP contribution in [0.2, 0.25) is 0 Å². The Hall–Kier alpha value is -3.37. The van der Waals surface area contributed by atoms with E-state index in [1.165, 1.54) is 11.9 Å². The van der Waals surface area contributed by atoms with Crippen LogP contribution in [0.1, 0.15) is 56.1 Å². The van der Waals surface area contributed by atoms with Crippen molar-refractivity contribution >= 4 is 29.3 Å². The minimum atomic E-state index is 0.173. The number of nitrogens with one attached hydrogen (secondary N) is 1. The summed E-state index contributed by atoms with van der Waals surface area (Å²) in [6.07, 6.45) is 8.40. The largest absolute Gasteiger partial charge is 0.363 e. The van der Waals surface area contributed by atoms with Crippen molar-refractivity contribution in [2.45, 2.75) is 63.4 Å². The van der Waals surface area contributed by atoms with Gasteiger partial charge in [-0.2, -0.15) is 0 Å². The zero-order chi connectivity index (χ0) is 24.5. The fourth-order valence-electron chi connectivity index (χ4n) is 4.16. The van der Waals surface area contributed by atoms with Crippen LogP contribution < -0.4 is 15.4 Å². The van der Waals surface area contributed by atoms with Crippen LogP contribution in [-0.2, 0) is 6.54 Å². The minimum absolute atomic E-state index is 0.173. The number of anilines is 1. The second-order valence-corrected chi connectivity index (χ2v) is 9.59. The molecule has 2 aliphatic rings. The molecule has 1 saturated carbocycles. The fourth-order valence-corrected chi connectivity index (χ4v) is 4.42. The molecule has 3 aromatic rings. The van der Waals surface area contributed by atoms with Gasteiger partial charge in [-0.05, 0) is 57.2 Å². The molecule has 4 heterocycles. The Labute approximate surface area is 209 Å². The molecular formula is C25H29N9S. The Bertz CT molecular complexity index is 1280. The van der Waals surface area contributed by atoms with Crippen molar-refractivity contribution < 1.29 is 0 Å². The highest BCUT2D eigenvalue weighted by Gasteiger charge is 2.32. The van der Waals surface area contributed by atoms with E-state index in [4.69, 9.17) is 20.1 Å². The first-order valence-electron chi connectivity index (χ1n) is 11.8. The number of rotatable bonds is 7. The molecule has 3 aromatic heterocycles. The maximum atomic E-state index is 5.60. The SMILES string of the molecule is C=C1C(NCc2ccc(SN)cn2)=Nc2cnc(-c3c(C)ncnc3C3CC3)nc2N1[C@H](C)CC. The first kappa shape index (κ1) is 23.4. The predicted octanol–water partition coefficient (Wildman–Crippen LogP) is 4.43. The maximum Gasteiger partial charge on any atom is 0.165 e. The summed E-state index contributed by atoms with van der Waals surface area (Å²) >= 11 is 1.18. The van der Waals surface area contributed by atoms with E-state index in [2.05, 4.69) is 45.6 Å². The van der Waals surface area contributed by atoms with Crippen LogP contribution >= 0.6 is 11.9 Å². The fraction of sp³-hybridized carbons (Fsp3) is 0.360. The topological polar surface area (TPSA) is 118 Å². The van der Waals surface area contributed by atoms with Gasteiger partial charge in [-0.25, -0.2) is 24.9 Å². The third-order valence-corrected chi connectivity index (χ3v) is 6.94. The molecule has 9 nitrogen and oxygen atoms in total. The summed E-state index contributed by atoms with van der Waals surface area (Å²) in [5.74, 6) is 2.55. The predicted molar refractivity (Wildman–Crippen MR) is 139 cm³/mol. The lowest BCUT2D eigenvalue weighted by Crippen LogP contribution is -2.41. The van der Waals surface area contributed by atoms with Gasteiger partial charge in [-0.15, -0.1) is 0 Å². The van der Waals surface area contributed by atoms with Gasteiger partial charge in [-0.3, -0.25) is 10.1 Å². The lowest BCUT2D eigenvalue weighted by molar-refractivity contribution is 0.662. The van der Waals surface area contributed by atoms with Crippen LogP contribution in [0, 0.1) is 6.92 Å². The number of hydrogen-bond acceptors (Lipinski definition) is 10. The molecule has 3 N–H and O–H groups in total. The summed E-state index contributed by atoms with van der Waals surface area (Å²) in [6.45, 7) is 11.2. The molecule has 0 unspecified atom stereocenters. The molecule has 0 aromatic carbocycles. The average Bonchev–Trinajstić information content (AvgIpc) is 3.72. The van der Waals surface area contributed by atoms with E-state index in [1.807, 2.05) is 19.1 Å². The number of nitrogens with zero attached hydrogens (tertiary/aromatic N) is 7. The Morgan fingerprint density at radius 3 is 2.71 bits per heavy atom. The number of hydrogen-bond donors (Lipinski definition) is 2. The molecule has 10 heteroatoms. The summed E-state index contributed by atoms with van der Waals surface area (Å²) in [5.41, 5.74) is 5.23. The van der Waals surface area contributed by atoms with Crippen molar-refractivity contribution in [3.8, 4) is 11.4 Å². The summed E-state index contributed by atoms with van der Waals surface area (Å²) in [6, 6.07) is 4.07. The average molecular weight is 488 g/mol. The highest BCUT2D eigenvalue weighted by Crippen LogP contribution is 2.44. The van der Waals surface area contributed by atoms with Crippen molar-refractivity contribution in [1.82, 2.24) is 30.2 Å². The summed E-state index contributed by atoms with van der Waals surface area (Å²) in [4.78, 5) is 31.1. The van der Waals surface area contributed by atoms with Crippen molar-refractivity contribution in [3.05, 3.63) is 60.2 Å². The third-order valence-electron chi connectivity index (χ3n) is 6.43. The molecule has 1 atom stereocenters. The zero-order valence-corrected chi connectivity index (χ0v) is 21.0. The number of aliphatic imine (C=N–C) groups is 1. The van der Waals surface area contributed by atoms with Gasteiger partial charge in [0.2, 0.25) is 0 Å². The second-order valence-electron chi connectivity index (χ2n) is 8.89. The molecule has 180 valence electrons. The van der Waals surface area contributed by atoms with Crippen LogP contribution in [0.5, 0.6) is 0 Å². The number of pyridine rings is 1. The van der Waals surface area contributed by atoms with Gasteiger partial charge in [0.15, 0.2) is 17.5 Å². The summed E-state index contributed by atoms with van der Waals surface area (Å²) in [7, 11) is 0. The lowest BCUT2D eigenvalue weighted by atomic mass is 10.1. The zero-order valence-electron chi connectivity index (χ0n) is 20.2. The van der Waals surface area contributed by atoms with Crippen LogP contribution in [0.25, 0.3) is 11.4 Å². The molecule has 0 saturated heterocycles. The first-order chi connectivity index (χ1) is 17.0. The summed E-state index contributed by atoms with van der Waals surface area (Å²) in [5, 5.41) is 8.99. The smallest absolute Gasteiger partial charge is 0.165 e. The Morgan fingerprint density at radius 2 is 2.03 bits per heavy atom. The normalized spacial score (nSPS) is 16.1. The van der Waals surface area contributed by atoms with E-state index in [1.54, 1.807) is 18.7 Å². The van der Waals surface area contributed by atoms with E-state index < -0.39 is 0 Å². The molecule has 1 aliphatic carbocycles. The van der Waals surface area contributed by atoms with E-state index >= 15 is 0 Å². The minimum Gasteiger partial charge on any atom is -0.363 e. The lowest BCUT2D eigenvalue weighted by Gasteiger charge is -2.35. The van der Waals surface area contributed by atoms with Crippen LogP contribution in [-0.4, -0.2) is 36.8 Å². The number of amidine groups is 1. The van der Waals surface area contributed by atoms with Gasteiger partial charge in [0.1, 0.15) is 12.0 Å². The van der Waals surface area contributed by atoms with Crippen molar-refractivity contribution in [3.63, 3.8) is 0 Å². The molecule has 0 spiro atoms. The summed E-state index contributed by atoms with van der Waals surface area (Å²) < 4.78 is 0. The van der Waals surface area contributed by atoms with Crippen molar-refractivity contribution in [2.75, 3.05) is 4.90 Å². The van der Waals surface area contributed by atoms with E-state index in [0.29, 0.717) is 29.8 Å². The van der Waals surface area contributed by atoms with E-state index in [0.717, 1.165) is 58.3 Å². The number of fused-ring (bicyclic) bond motifs is 1. The Kier molecular flexibility index (Phi) is 6.48. The molecule has 0 amide bonds. The van der Waals surface area contributed by atoms with Crippen molar-refractivity contribution in [2.24, 2.45) is 10.1 Å². The standard InChI is InChI=1S/C25H29N9S/c1-5-14(2)34-16(4)23(28-10-18-8-9-19(35-26)11-27-18)32-20-12-29-24(33-25(20)34)21-15(3)30-13-31-22(21)17-6-7-17/h8-9,11-14,17H,4-7,10,26H2,1-3H3,(H,28,32)/t14-/m1/s1. The quantitative estimate of drug-likeness (QED) is 0.466. The molecule has 1 fully saturated rings. The molecule has 0 radical (unpaired) electrons. The van der Waals surface area contributed by atoms with Gasteiger partial charge >= 0.3 is 0 Å². The van der Waals surface area contributed by atoms with Crippen molar-refractivity contribution in [1.29, 1.82) is 0 Å². The molecule has 0 bridgehead atoms.